The number of carbonyl (C=O) groups is 1. The number of fused-ring (bicyclic) bond motifs is 1. The number of aliphatic hydroxyl groups is 1. The van der Waals surface area contributed by atoms with Crippen LogP contribution < -0.4 is 11.5 Å². The normalized spacial score (nSPS) is 10.9. The van der Waals surface area contributed by atoms with Crippen LogP contribution in [0.4, 0.5) is 5.82 Å². The highest BCUT2D eigenvalue weighted by Gasteiger charge is 2.16. The molecule has 0 bridgehead atoms. The standard InChI is InChI=1S/C10H13N5O3/c11-8-7-6(9(12)17)3-15(5-18-2-1-16)10(7)14-4-13-8/h3-4,16H,1-2,5H2,(H2,12,17)(H2,11,13,14). The zero-order chi connectivity index (χ0) is 13.1. The fourth-order valence-corrected chi connectivity index (χ4v) is 1.66. The Balaban J connectivity index is 2.48. The van der Waals surface area contributed by atoms with Gasteiger partial charge in [-0.15, -0.1) is 0 Å². The number of aromatic nitrogens is 3. The molecule has 0 aromatic carbocycles. The molecule has 18 heavy (non-hydrogen) atoms. The van der Waals surface area contributed by atoms with E-state index in [2.05, 4.69) is 9.97 Å². The minimum Gasteiger partial charge on any atom is -0.394 e. The summed E-state index contributed by atoms with van der Waals surface area (Å²) in [6.07, 6.45) is 2.81. The van der Waals surface area contributed by atoms with Gasteiger partial charge >= 0.3 is 0 Å². The second-order valence-electron chi connectivity index (χ2n) is 3.60. The van der Waals surface area contributed by atoms with Crippen LogP contribution in [0.5, 0.6) is 0 Å². The van der Waals surface area contributed by atoms with Gasteiger partial charge in [-0.25, -0.2) is 9.97 Å². The van der Waals surface area contributed by atoms with Crippen LogP contribution >= 0.6 is 0 Å². The summed E-state index contributed by atoms with van der Waals surface area (Å²) in [6, 6.07) is 0. The van der Waals surface area contributed by atoms with E-state index in [1.807, 2.05) is 0 Å². The molecule has 0 aliphatic carbocycles. The largest absolute Gasteiger partial charge is 0.394 e. The second-order valence-corrected chi connectivity index (χ2v) is 3.60. The monoisotopic (exact) mass is 251 g/mol. The highest BCUT2D eigenvalue weighted by Crippen LogP contribution is 2.23. The summed E-state index contributed by atoms with van der Waals surface area (Å²) in [4.78, 5) is 19.2. The van der Waals surface area contributed by atoms with Crippen molar-refractivity contribution in [2.45, 2.75) is 6.73 Å². The summed E-state index contributed by atoms with van der Waals surface area (Å²) >= 11 is 0. The first-order valence-electron chi connectivity index (χ1n) is 5.23. The maximum Gasteiger partial charge on any atom is 0.251 e. The van der Waals surface area contributed by atoms with Gasteiger partial charge in [0.25, 0.3) is 5.91 Å². The number of aliphatic hydroxyl groups excluding tert-OH is 1. The minimum absolute atomic E-state index is 0.0843. The van der Waals surface area contributed by atoms with Crippen LogP contribution in [0, 0.1) is 0 Å². The van der Waals surface area contributed by atoms with E-state index in [0.717, 1.165) is 0 Å². The number of primary amides is 1. The average molecular weight is 251 g/mol. The van der Waals surface area contributed by atoms with E-state index in [0.29, 0.717) is 11.0 Å². The second kappa shape index (κ2) is 4.98. The van der Waals surface area contributed by atoms with E-state index in [-0.39, 0.29) is 31.3 Å². The molecule has 0 unspecified atom stereocenters. The summed E-state index contributed by atoms with van der Waals surface area (Å²) in [5.74, 6) is -0.419. The first-order valence-corrected chi connectivity index (χ1v) is 5.23. The Bertz CT molecular complexity index is 580. The molecule has 96 valence electrons. The van der Waals surface area contributed by atoms with Crippen molar-refractivity contribution in [2.75, 3.05) is 18.9 Å². The maximum absolute atomic E-state index is 11.3. The van der Waals surface area contributed by atoms with Crippen LogP contribution in [-0.4, -0.2) is 38.8 Å². The molecule has 0 atom stereocenters. The lowest BCUT2D eigenvalue weighted by Crippen LogP contribution is -2.11. The van der Waals surface area contributed by atoms with E-state index in [4.69, 9.17) is 21.3 Å². The van der Waals surface area contributed by atoms with Crippen molar-refractivity contribution in [3.05, 3.63) is 18.1 Å². The molecule has 0 saturated heterocycles. The first-order chi connectivity index (χ1) is 8.65. The zero-order valence-electron chi connectivity index (χ0n) is 9.54. The Labute approximate surface area is 102 Å². The number of hydrogen-bond donors (Lipinski definition) is 3. The topological polar surface area (TPSA) is 129 Å². The SMILES string of the molecule is NC(=O)c1cn(COCCO)c2ncnc(N)c12. The van der Waals surface area contributed by atoms with Gasteiger partial charge in [-0.1, -0.05) is 0 Å². The van der Waals surface area contributed by atoms with E-state index in [1.54, 1.807) is 4.57 Å². The number of nitrogens with two attached hydrogens (primary N) is 2. The van der Waals surface area contributed by atoms with Gasteiger partial charge in [0.15, 0.2) is 0 Å². The molecule has 8 nitrogen and oxygen atoms in total. The van der Waals surface area contributed by atoms with Crippen LogP contribution in [0.25, 0.3) is 11.0 Å². The molecular weight excluding hydrogens is 238 g/mol. The van der Waals surface area contributed by atoms with E-state index < -0.39 is 5.91 Å². The number of hydrogen-bond acceptors (Lipinski definition) is 6. The first kappa shape index (κ1) is 12.3. The third kappa shape index (κ3) is 2.11. The van der Waals surface area contributed by atoms with Crippen LogP contribution in [0.3, 0.4) is 0 Å². The molecule has 8 heteroatoms. The lowest BCUT2D eigenvalue weighted by molar-refractivity contribution is 0.0501. The molecular formula is C10H13N5O3. The summed E-state index contributed by atoms with van der Waals surface area (Å²) in [5, 5.41) is 9.06. The number of nitrogen functional groups attached to an aromatic ring is 1. The van der Waals surface area contributed by atoms with Crippen LogP contribution in [0.2, 0.25) is 0 Å². The molecule has 0 aliphatic heterocycles. The minimum atomic E-state index is -0.609. The van der Waals surface area contributed by atoms with Gasteiger partial charge in [-0.05, 0) is 0 Å². The van der Waals surface area contributed by atoms with Crippen molar-refractivity contribution in [2.24, 2.45) is 5.73 Å². The van der Waals surface area contributed by atoms with Crippen molar-refractivity contribution in [1.82, 2.24) is 14.5 Å². The van der Waals surface area contributed by atoms with Gasteiger partial charge in [-0.3, -0.25) is 4.79 Å². The molecule has 2 aromatic rings. The molecule has 2 aromatic heterocycles. The highest BCUT2D eigenvalue weighted by atomic mass is 16.5. The Morgan fingerprint density at radius 1 is 1.50 bits per heavy atom. The van der Waals surface area contributed by atoms with E-state index in [9.17, 15) is 4.79 Å². The Hall–Kier alpha value is -2.19. The molecule has 5 N–H and O–H groups in total. The van der Waals surface area contributed by atoms with Gasteiger partial charge < -0.3 is 25.9 Å². The van der Waals surface area contributed by atoms with Crippen molar-refractivity contribution < 1.29 is 14.6 Å². The number of anilines is 1. The third-order valence-corrected chi connectivity index (χ3v) is 2.41. The predicted octanol–water partition coefficient (Wildman–Crippen LogP) is -0.921. The van der Waals surface area contributed by atoms with Crippen molar-refractivity contribution >= 4 is 22.8 Å². The number of carbonyl (C=O) groups excluding carboxylic acids is 1. The van der Waals surface area contributed by atoms with Crippen molar-refractivity contribution in [1.29, 1.82) is 0 Å². The van der Waals surface area contributed by atoms with Gasteiger partial charge in [-0.2, -0.15) is 0 Å². The van der Waals surface area contributed by atoms with Crippen LogP contribution in [0.15, 0.2) is 12.5 Å². The lowest BCUT2D eigenvalue weighted by atomic mass is 10.2. The quantitative estimate of drug-likeness (QED) is 0.589. The summed E-state index contributed by atoms with van der Waals surface area (Å²) in [5.41, 5.74) is 11.7. The fourth-order valence-electron chi connectivity index (χ4n) is 1.66. The van der Waals surface area contributed by atoms with Crippen molar-refractivity contribution in [3.8, 4) is 0 Å². The van der Waals surface area contributed by atoms with Crippen LogP contribution in [0.1, 0.15) is 10.4 Å². The predicted molar refractivity (Wildman–Crippen MR) is 63.5 cm³/mol. The summed E-state index contributed by atoms with van der Waals surface area (Å²) in [7, 11) is 0. The highest BCUT2D eigenvalue weighted by molar-refractivity contribution is 6.08. The Morgan fingerprint density at radius 2 is 2.28 bits per heavy atom. The smallest absolute Gasteiger partial charge is 0.251 e. The summed E-state index contributed by atoms with van der Waals surface area (Å²) in [6.45, 7) is 0.242. The van der Waals surface area contributed by atoms with Crippen LogP contribution in [-0.2, 0) is 11.5 Å². The Morgan fingerprint density at radius 3 is 2.94 bits per heavy atom. The molecule has 0 saturated carbocycles. The molecule has 0 aliphatic rings. The van der Waals surface area contributed by atoms with E-state index in [1.165, 1.54) is 12.5 Å². The number of ether oxygens (including phenoxy) is 1. The number of amides is 1. The lowest BCUT2D eigenvalue weighted by Gasteiger charge is -2.04. The zero-order valence-corrected chi connectivity index (χ0v) is 9.54. The molecule has 2 rings (SSSR count). The summed E-state index contributed by atoms with van der Waals surface area (Å²) < 4.78 is 6.76. The Kier molecular flexibility index (Phi) is 3.40. The molecule has 0 spiro atoms. The van der Waals surface area contributed by atoms with Gasteiger partial charge in [0, 0.05) is 6.20 Å². The molecule has 2 heterocycles. The average Bonchev–Trinajstić information content (AvgIpc) is 2.70. The maximum atomic E-state index is 11.3. The van der Waals surface area contributed by atoms with E-state index >= 15 is 0 Å². The number of nitrogens with zero attached hydrogens (tertiary/aromatic N) is 3. The third-order valence-electron chi connectivity index (χ3n) is 2.41. The fraction of sp³-hybridized carbons (Fsp3) is 0.300. The van der Waals surface area contributed by atoms with Gasteiger partial charge in [0.2, 0.25) is 0 Å². The molecule has 0 fully saturated rings. The van der Waals surface area contributed by atoms with Gasteiger partial charge in [0.05, 0.1) is 24.2 Å². The number of rotatable bonds is 5. The van der Waals surface area contributed by atoms with Crippen molar-refractivity contribution in [3.63, 3.8) is 0 Å². The van der Waals surface area contributed by atoms with Gasteiger partial charge in [0.1, 0.15) is 24.5 Å². The molecule has 0 radical (unpaired) electrons. The molecule has 1 amide bonds.